The lowest BCUT2D eigenvalue weighted by atomic mass is 10.2. The molecule has 1 heterocycles. The molecule has 0 N–H and O–H groups in total. The summed E-state index contributed by atoms with van der Waals surface area (Å²) in [4.78, 5) is 18.5. The highest BCUT2D eigenvalue weighted by Crippen LogP contribution is 2.15. The fourth-order valence-electron chi connectivity index (χ4n) is 1.28. The Morgan fingerprint density at radius 1 is 1.33 bits per heavy atom. The first kappa shape index (κ1) is 9.51. The molecule has 0 amide bonds. The Bertz CT molecular complexity index is 513. The number of rotatable bonds is 2. The Morgan fingerprint density at radius 3 is 2.67 bits per heavy atom. The number of hydrogen-bond donors (Lipinski definition) is 0. The monoisotopic (exact) mass is 203 g/mol. The van der Waals surface area contributed by atoms with Gasteiger partial charge in [0.25, 0.3) is 6.04 Å². The predicted molar refractivity (Wildman–Crippen MR) is 54.9 cm³/mol. The largest absolute Gasteiger partial charge is 0.264 e. The normalized spacial score (nSPS) is 12.6. The van der Waals surface area contributed by atoms with E-state index in [4.69, 9.17) is 0 Å². The molecule has 0 aliphatic heterocycles. The third-order valence-corrected chi connectivity index (χ3v) is 2.21. The average molecular weight is 203 g/mol. The quantitative estimate of drug-likeness (QED) is 0.552. The molecular weight excluding hydrogens is 194 g/mol. The number of fused-ring (bicyclic) bond motifs is 1. The second kappa shape index (κ2) is 3.61. The Kier molecular flexibility index (Phi) is 2.29. The smallest absolute Gasteiger partial charge is 0.253 e. The van der Waals surface area contributed by atoms with E-state index in [1.807, 2.05) is 18.2 Å². The van der Waals surface area contributed by atoms with Crippen LogP contribution in [0.4, 0.5) is 0 Å². The standard InChI is InChI=1S/C10H9N3O2/c1-7(13(14)15)10-6-11-8-4-2-3-5-9(8)12-10/h2-7H,1H3. The molecule has 2 rings (SSSR count). The number of nitro groups is 1. The SMILES string of the molecule is CC(c1cnc2ccccc2n1)[N+](=O)[O-]. The molecule has 0 spiro atoms. The summed E-state index contributed by atoms with van der Waals surface area (Å²) in [6.07, 6.45) is 1.45. The molecule has 0 fully saturated rings. The van der Waals surface area contributed by atoms with Gasteiger partial charge >= 0.3 is 0 Å². The van der Waals surface area contributed by atoms with Crippen LogP contribution in [0.5, 0.6) is 0 Å². The summed E-state index contributed by atoms with van der Waals surface area (Å²) < 4.78 is 0. The zero-order valence-corrected chi connectivity index (χ0v) is 8.12. The van der Waals surface area contributed by atoms with Crippen LogP contribution in [0.1, 0.15) is 18.7 Å². The predicted octanol–water partition coefficient (Wildman–Crippen LogP) is 1.97. The van der Waals surface area contributed by atoms with Crippen LogP contribution in [0, 0.1) is 10.1 Å². The third-order valence-electron chi connectivity index (χ3n) is 2.21. The lowest BCUT2D eigenvalue weighted by Crippen LogP contribution is -2.08. The van der Waals surface area contributed by atoms with E-state index in [2.05, 4.69) is 9.97 Å². The molecule has 1 unspecified atom stereocenters. The highest BCUT2D eigenvalue weighted by atomic mass is 16.6. The van der Waals surface area contributed by atoms with Gasteiger partial charge in [-0.15, -0.1) is 0 Å². The first-order valence-corrected chi connectivity index (χ1v) is 4.53. The summed E-state index contributed by atoms with van der Waals surface area (Å²) in [5, 5.41) is 10.6. The van der Waals surface area contributed by atoms with Crippen LogP contribution in [-0.2, 0) is 0 Å². The van der Waals surface area contributed by atoms with Gasteiger partial charge in [0.15, 0.2) is 0 Å². The Labute approximate surface area is 85.9 Å². The van der Waals surface area contributed by atoms with Crippen LogP contribution in [0.25, 0.3) is 11.0 Å². The van der Waals surface area contributed by atoms with Gasteiger partial charge in [0, 0.05) is 11.8 Å². The van der Waals surface area contributed by atoms with Crippen molar-refractivity contribution in [2.45, 2.75) is 13.0 Å². The van der Waals surface area contributed by atoms with Gasteiger partial charge in [-0.3, -0.25) is 15.1 Å². The van der Waals surface area contributed by atoms with Crippen LogP contribution in [0.3, 0.4) is 0 Å². The molecule has 2 aromatic rings. The Morgan fingerprint density at radius 2 is 2.00 bits per heavy atom. The maximum Gasteiger partial charge on any atom is 0.253 e. The maximum atomic E-state index is 10.6. The van der Waals surface area contributed by atoms with Gasteiger partial charge in [-0.25, -0.2) is 4.98 Å². The van der Waals surface area contributed by atoms with Crippen LogP contribution in [0.15, 0.2) is 30.5 Å². The van der Waals surface area contributed by atoms with Gasteiger partial charge in [-0.1, -0.05) is 12.1 Å². The summed E-state index contributed by atoms with van der Waals surface area (Å²) in [6.45, 7) is 1.50. The van der Waals surface area contributed by atoms with Crippen LogP contribution < -0.4 is 0 Å². The van der Waals surface area contributed by atoms with Gasteiger partial charge in [0.05, 0.1) is 17.2 Å². The van der Waals surface area contributed by atoms with Crippen LogP contribution in [0.2, 0.25) is 0 Å². The maximum absolute atomic E-state index is 10.6. The van der Waals surface area contributed by atoms with Crippen molar-refractivity contribution in [2.24, 2.45) is 0 Å². The number of benzene rings is 1. The van der Waals surface area contributed by atoms with Crippen molar-refractivity contribution in [2.75, 3.05) is 0 Å². The van der Waals surface area contributed by atoms with Crippen molar-refractivity contribution in [1.29, 1.82) is 0 Å². The van der Waals surface area contributed by atoms with Crippen LogP contribution >= 0.6 is 0 Å². The molecular formula is C10H9N3O2. The summed E-state index contributed by atoms with van der Waals surface area (Å²) in [6, 6.07) is 6.48. The van der Waals surface area contributed by atoms with Crippen molar-refractivity contribution in [3.05, 3.63) is 46.3 Å². The lowest BCUT2D eigenvalue weighted by molar-refractivity contribution is -0.525. The second-order valence-corrected chi connectivity index (χ2v) is 3.24. The summed E-state index contributed by atoms with van der Waals surface area (Å²) in [5.74, 6) is 0. The van der Waals surface area contributed by atoms with E-state index in [-0.39, 0.29) is 4.92 Å². The minimum atomic E-state index is -0.817. The van der Waals surface area contributed by atoms with Crippen LogP contribution in [-0.4, -0.2) is 14.9 Å². The van der Waals surface area contributed by atoms with E-state index < -0.39 is 6.04 Å². The molecule has 0 bridgehead atoms. The molecule has 0 saturated carbocycles. The highest BCUT2D eigenvalue weighted by Gasteiger charge is 2.18. The Hall–Kier alpha value is -2.04. The van der Waals surface area contributed by atoms with Crippen molar-refractivity contribution in [3.63, 3.8) is 0 Å². The minimum absolute atomic E-state index is 0.376. The number of aromatic nitrogens is 2. The van der Waals surface area contributed by atoms with Gasteiger partial charge in [0.1, 0.15) is 5.69 Å². The molecule has 15 heavy (non-hydrogen) atoms. The zero-order valence-electron chi connectivity index (χ0n) is 8.12. The molecule has 0 radical (unpaired) electrons. The molecule has 1 aromatic heterocycles. The first-order chi connectivity index (χ1) is 7.18. The molecule has 1 atom stereocenters. The minimum Gasteiger partial charge on any atom is -0.264 e. The number of hydrogen-bond acceptors (Lipinski definition) is 4. The lowest BCUT2D eigenvalue weighted by Gasteiger charge is -2.03. The fraction of sp³-hybridized carbons (Fsp3) is 0.200. The molecule has 5 heteroatoms. The van der Waals surface area contributed by atoms with Crippen molar-refractivity contribution in [1.82, 2.24) is 9.97 Å². The van der Waals surface area contributed by atoms with E-state index in [0.29, 0.717) is 11.2 Å². The van der Waals surface area contributed by atoms with E-state index >= 15 is 0 Å². The van der Waals surface area contributed by atoms with Crippen molar-refractivity contribution < 1.29 is 4.92 Å². The summed E-state index contributed by atoms with van der Waals surface area (Å²) in [5.41, 5.74) is 1.82. The topological polar surface area (TPSA) is 68.9 Å². The fourth-order valence-corrected chi connectivity index (χ4v) is 1.28. The highest BCUT2D eigenvalue weighted by molar-refractivity contribution is 5.73. The van der Waals surface area contributed by atoms with E-state index in [1.54, 1.807) is 6.07 Å². The summed E-state index contributed by atoms with van der Waals surface area (Å²) >= 11 is 0. The van der Waals surface area contributed by atoms with Gasteiger partial charge in [0.2, 0.25) is 0 Å². The molecule has 5 nitrogen and oxygen atoms in total. The molecule has 0 saturated heterocycles. The molecule has 0 aliphatic rings. The number of para-hydroxylation sites is 2. The van der Waals surface area contributed by atoms with Crippen molar-refractivity contribution >= 4 is 11.0 Å². The first-order valence-electron chi connectivity index (χ1n) is 4.53. The zero-order chi connectivity index (χ0) is 10.8. The molecule has 1 aromatic carbocycles. The summed E-state index contributed by atoms with van der Waals surface area (Å²) in [7, 11) is 0. The molecule has 0 aliphatic carbocycles. The number of nitrogens with zero attached hydrogens (tertiary/aromatic N) is 3. The van der Waals surface area contributed by atoms with E-state index in [0.717, 1.165) is 5.52 Å². The van der Waals surface area contributed by atoms with Crippen molar-refractivity contribution in [3.8, 4) is 0 Å². The van der Waals surface area contributed by atoms with Gasteiger partial charge in [-0.05, 0) is 12.1 Å². The third kappa shape index (κ3) is 1.76. The van der Waals surface area contributed by atoms with Gasteiger partial charge < -0.3 is 0 Å². The second-order valence-electron chi connectivity index (χ2n) is 3.24. The van der Waals surface area contributed by atoms with E-state index in [1.165, 1.54) is 13.1 Å². The Balaban J connectivity index is 2.51. The molecule has 76 valence electrons. The average Bonchev–Trinajstić information content (AvgIpc) is 2.27. The van der Waals surface area contributed by atoms with Gasteiger partial charge in [-0.2, -0.15) is 0 Å². The van der Waals surface area contributed by atoms with E-state index in [9.17, 15) is 10.1 Å².